The Morgan fingerprint density at radius 1 is 1.17 bits per heavy atom. The van der Waals surface area contributed by atoms with Gasteiger partial charge in [0.15, 0.2) is 0 Å². The lowest BCUT2D eigenvalue weighted by molar-refractivity contribution is -0.384. The van der Waals surface area contributed by atoms with Gasteiger partial charge in [-0.2, -0.15) is 0 Å². The van der Waals surface area contributed by atoms with Crippen LogP contribution < -0.4 is 0 Å². The third-order valence-corrected chi connectivity index (χ3v) is 2.98. The minimum atomic E-state index is -0.476. The fourth-order valence-corrected chi connectivity index (χ4v) is 1.86. The normalized spacial score (nSPS) is 16.6. The van der Waals surface area contributed by atoms with E-state index in [2.05, 4.69) is 7.05 Å². The van der Waals surface area contributed by atoms with Crippen LogP contribution >= 0.6 is 0 Å². The molecule has 6 nitrogen and oxygen atoms in total. The van der Waals surface area contributed by atoms with Crippen molar-refractivity contribution in [2.24, 2.45) is 0 Å². The number of amides is 1. The van der Waals surface area contributed by atoms with Gasteiger partial charge in [-0.1, -0.05) is 0 Å². The fraction of sp³-hybridized carbons (Fsp3) is 0.333. The molecule has 1 aliphatic heterocycles. The highest BCUT2D eigenvalue weighted by molar-refractivity contribution is 5.94. The summed E-state index contributed by atoms with van der Waals surface area (Å²) in [5.41, 5.74) is 0.479. The Kier molecular flexibility index (Phi) is 3.57. The molecule has 0 bridgehead atoms. The van der Waals surface area contributed by atoms with Crippen LogP contribution in [0.15, 0.2) is 24.3 Å². The number of piperazine rings is 1. The van der Waals surface area contributed by atoms with Crippen LogP contribution in [0.2, 0.25) is 0 Å². The number of hydrogen-bond acceptors (Lipinski definition) is 4. The molecule has 1 aliphatic rings. The highest BCUT2D eigenvalue weighted by atomic mass is 16.6. The topological polar surface area (TPSA) is 66.7 Å². The van der Waals surface area contributed by atoms with Crippen molar-refractivity contribution in [1.82, 2.24) is 9.80 Å². The molecule has 1 aromatic carbocycles. The van der Waals surface area contributed by atoms with Crippen molar-refractivity contribution in [1.29, 1.82) is 0 Å². The maximum Gasteiger partial charge on any atom is 0.269 e. The molecule has 0 spiro atoms. The highest BCUT2D eigenvalue weighted by Gasteiger charge is 2.19. The van der Waals surface area contributed by atoms with Crippen LogP contribution in [0.1, 0.15) is 10.4 Å². The lowest BCUT2D eigenvalue weighted by atomic mass is 10.1. The molecule has 0 unspecified atom stereocenters. The predicted octanol–water partition coefficient (Wildman–Crippen LogP) is 1.14. The van der Waals surface area contributed by atoms with E-state index in [1.807, 2.05) is 4.90 Å². The number of nitro benzene ring substituents is 1. The molecule has 2 rings (SSSR count). The molecule has 1 fully saturated rings. The zero-order chi connectivity index (χ0) is 13.1. The van der Waals surface area contributed by atoms with Gasteiger partial charge in [-0.15, -0.1) is 0 Å². The summed E-state index contributed by atoms with van der Waals surface area (Å²) in [6, 6.07) is 5.70. The van der Waals surface area contributed by atoms with E-state index in [4.69, 9.17) is 0 Å². The van der Waals surface area contributed by atoms with E-state index in [0.717, 1.165) is 13.1 Å². The molecular formula is C12H14N3O3-. The van der Waals surface area contributed by atoms with Crippen molar-refractivity contribution in [2.45, 2.75) is 0 Å². The van der Waals surface area contributed by atoms with Crippen LogP contribution in [-0.2, 0) is 0 Å². The molecule has 1 heterocycles. The van der Waals surface area contributed by atoms with E-state index < -0.39 is 4.92 Å². The molecule has 1 aromatic rings. The molecule has 1 amide bonds. The van der Waals surface area contributed by atoms with Crippen LogP contribution in [0, 0.1) is 17.2 Å². The van der Waals surface area contributed by atoms with E-state index in [1.165, 1.54) is 24.3 Å². The molecule has 1 saturated heterocycles. The highest BCUT2D eigenvalue weighted by Crippen LogP contribution is 2.14. The van der Waals surface area contributed by atoms with Gasteiger partial charge < -0.3 is 9.80 Å². The molecule has 6 heteroatoms. The van der Waals surface area contributed by atoms with E-state index >= 15 is 0 Å². The number of non-ortho nitro benzene ring substituents is 1. The van der Waals surface area contributed by atoms with Gasteiger partial charge in [0, 0.05) is 30.8 Å². The average molecular weight is 248 g/mol. The van der Waals surface area contributed by atoms with Gasteiger partial charge in [0.1, 0.15) is 0 Å². The number of carbonyl (C=O) groups excluding carboxylic acids is 1. The molecule has 0 N–H and O–H groups in total. The van der Waals surface area contributed by atoms with Crippen molar-refractivity contribution in [3.05, 3.63) is 47.0 Å². The van der Waals surface area contributed by atoms with Gasteiger partial charge in [0.25, 0.3) is 11.6 Å². The number of rotatable bonds is 2. The number of nitro groups is 1. The number of carbonyl (C=O) groups is 1. The molecule has 96 valence electrons. The summed E-state index contributed by atoms with van der Waals surface area (Å²) in [5.74, 6) is -0.0852. The standard InChI is InChI=1S/C12H14N3O3/c1-13-6-8-14(9-7-13)12(16)10-2-4-11(5-3-10)15(17)18/h2-5H,1,6-9H2/q-1. The van der Waals surface area contributed by atoms with E-state index in [0.29, 0.717) is 18.7 Å². The van der Waals surface area contributed by atoms with Gasteiger partial charge in [-0.3, -0.25) is 22.0 Å². The monoisotopic (exact) mass is 248 g/mol. The second-order valence-corrected chi connectivity index (χ2v) is 4.21. The van der Waals surface area contributed by atoms with E-state index in [1.54, 1.807) is 4.90 Å². The molecule has 0 radical (unpaired) electrons. The van der Waals surface area contributed by atoms with Crippen LogP contribution in [0.5, 0.6) is 0 Å². The second-order valence-electron chi connectivity index (χ2n) is 4.21. The zero-order valence-corrected chi connectivity index (χ0v) is 9.91. The molecule has 0 aromatic heterocycles. The van der Waals surface area contributed by atoms with E-state index in [9.17, 15) is 14.9 Å². The van der Waals surface area contributed by atoms with Crippen LogP contribution in [-0.4, -0.2) is 46.8 Å². The fourth-order valence-electron chi connectivity index (χ4n) is 1.86. The lowest BCUT2D eigenvalue weighted by Crippen LogP contribution is -2.46. The van der Waals surface area contributed by atoms with Crippen LogP contribution in [0.4, 0.5) is 5.69 Å². The molecular weight excluding hydrogens is 234 g/mol. The SMILES string of the molecule is [CH2-]N1CCN(C(=O)c2ccc([N+](=O)[O-])cc2)CC1. The Balaban J connectivity index is 2.07. The Hall–Kier alpha value is -1.95. The zero-order valence-electron chi connectivity index (χ0n) is 9.91. The lowest BCUT2D eigenvalue weighted by Gasteiger charge is -2.37. The molecule has 0 saturated carbocycles. The van der Waals surface area contributed by atoms with Crippen molar-refractivity contribution < 1.29 is 9.72 Å². The van der Waals surface area contributed by atoms with Gasteiger partial charge in [-0.05, 0) is 25.2 Å². The Bertz CT molecular complexity index is 450. The first-order chi connectivity index (χ1) is 8.58. The Morgan fingerprint density at radius 2 is 1.72 bits per heavy atom. The van der Waals surface area contributed by atoms with Gasteiger partial charge in [-0.25, -0.2) is 0 Å². The van der Waals surface area contributed by atoms with Crippen molar-refractivity contribution in [3.8, 4) is 0 Å². The maximum atomic E-state index is 12.1. The maximum absolute atomic E-state index is 12.1. The van der Waals surface area contributed by atoms with E-state index in [-0.39, 0.29) is 11.6 Å². The summed E-state index contributed by atoms with van der Waals surface area (Å²) < 4.78 is 0. The summed E-state index contributed by atoms with van der Waals surface area (Å²) in [6.07, 6.45) is 0. The predicted molar refractivity (Wildman–Crippen MR) is 65.9 cm³/mol. The molecule has 0 atom stereocenters. The molecule has 0 aliphatic carbocycles. The summed E-state index contributed by atoms with van der Waals surface area (Å²) in [4.78, 5) is 25.8. The third kappa shape index (κ3) is 2.65. The largest absolute Gasteiger partial charge is 0.456 e. The first kappa shape index (κ1) is 12.5. The van der Waals surface area contributed by atoms with Crippen LogP contribution in [0.25, 0.3) is 0 Å². The number of nitrogens with zero attached hydrogens (tertiary/aromatic N) is 3. The first-order valence-electron chi connectivity index (χ1n) is 5.67. The van der Waals surface area contributed by atoms with Crippen molar-refractivity contribution in [2.75, 3.05) is 26.2 Å². The third-order valence-electron chi connectivity index (χ3n) is 2.98. The molecule has 18 heavy (non-hydrogen) atoms. The minimum Gasteiger partial charge on any atom is -0.456 e. The van der Waals surface area contributed by atoms with Gasteiger partial charge in [0.05, 0.1) is 4.92 Å². The summed E-state index contributed by atoms with van der Waals surface area (Å²) >= 11 is 0. The van der Waals surface area contributed by atoms with Gasteiger partial charge >= 0.3 is 0 Å². The summed E-state index contributed by atoms with van der Waals surface area (Å²) in [5, 5.41) is 10.5. The Labute approximate surface area is 105 Å². The number of benzene rings is 1. The number of hydrogen-bond donors (Lipinski definition) is 0. The second kappa shape index (κ2) is 5.14. The van der Waals surface area contributed by atoms with Crippen LogP contribution in [0.3, 0.4) is 0 Å². The van der Waals surface area contributed by atoms with Gasteiger partial charge in [0.2, 0.25) is 0 Å². The Morgan fingerprint density at radius 3 is 2.22 bits per heavy atom. The summed E-state index contributed by atoms with van der Waals surface area (Å²) in [7, 11) is 3.82. The summed E-state index contributed by atoms with van der Waals surface area (Å²) in [6.45, 7) is 2.77. The van der Waals surface area contributed by atoms with Crippen molar-refractivity contribution >= 4 is 11.6 Å². The first-order valence-corrected chi connectivity index (χ1v) is 5.67. The van der Waals surface area contributed by atoms with Crippen molar-refractivity contribution in [3.63, 3.8) is 0 Å². The average Bonchev–Trinajstić information content (AvgIpc) is 2.39. The minimum absolute atomic E-state index is 0.00544. The smallest absolute Gasteiger partial charge is 0.269 e. The quantitative estimate of drug-likeness (QED) is 0.447.